The van der Waals surface area contributed by atoms with E-state index >= 15 is 0 Å². The topological polar surface area (TPSA) is 57.6 Å². The molecule has 4 nitrogen and oxygen atoms in total. The van der Waals surface area contributed by atoms with Crippen LogP contribution in [0, 0.1) is 17.5 Å². The maximum atomic E-state index is 13.5. The van der Waals surface area contributed by atoms with Crippen LogP contribution in [0.2, 0.25) is 0 Å². The minimum absolute atomic E-state index is 0.286. The fourth-order valence-corrected chi connectivity index (χ4v) is 1.97. The summed E-state index contributed by atoms with van der Waals surface area (Å²) in [5, 5.41) is 8.69. The van der Waals surface area contributed by atoms with E-state index in [0.29, 0.717) is 11.0 Å². The molecule has 1 unspecified atom stereocenters. The second-order valence-electron chi connectivity index (χ2n) is 3.98. The van der Waals surface area contributed by atoms with Crippen molar-refractivity contribution in [3.05, 3.63) is 35.1 Å². The lowest BCUT2D eigenvalue weighted by Crippen LogP contribution is -2.30. The average molecular weight is 259 g/mol. The molecular formula is C11H8F3NO3. The van der Waals surface area contributed by atoms with Gasteiger partial charge in [0.1, 0.15) is 5.82 Å². The predicted octanol–water partition coefficient (Wildman–Crippen LogP) is 2.10. The van der Waals surface area contributed by atoms with Crippen molar-refractivity contribution in [3.8, 4) is 0 Å². The molecule has 0 spiro atoms. The molecule has 0 aliphatic carbocycles. The van der Waals surface area contributed by atoms with E-state index in [2.05, 4.69) is 0 Å². The fourth-order valence-electron chi connectivity index (χ4n) is 1.97. The Hall–Kier alpha value is -2.05. The summed E-state index contributed by atoms with van der Waals surface area (Å²) < 4.78 is 39.5. The third-order valence-corrected chi connectivity index (χ3v) is 2.82. The molecule has 1 N–H and O–H groups in total. The van der Waals surface area contributed by atoms with Crippen LogP contribution in [0.1, 0.15) is 17.9 Å². The number of carbonyl (C=O) groups is 2. The number of carboxylic acid groups (broad SMARTS) is 1. The minimum Gasteiger partial charge on any atom is -0.465 e. The smallest absolute Gasteiger partial charge is 0.414 e. The summed E-state index contributed by atoms with van der Waals surface area (Å²) in [6.45, 7) is -0.298. The van der Waals surface area contributed by atoms with Crippen molar-refractivity contribution in [1.82, 2.24) is 4.90 Å². The first-order valence-corrected chi connectivity index (χ1v) is 5.08. The lowest BCUT2D eigenvalue weighted by atomic mass is 9.97. The summed E-state index contributed by atoms with van der Waals surface area (Å²) in [5.74, 6) is -5.15. The van der Waals surface area contributed by atoms with E-state index < -0.39 is 35.4 Å². The number of nitrogens with zero attached hydrogens (tertiary/aromatic N) is 1. The largest absolute Gasteiger partial charge is 0.465 e. The Balaban J connectivity index is 2.35. The average Bonchev–Trinajstić information content (AvgIpc) is 2.65. The highest BCUT2D eigenvalue weighted by Gasteiger charge is 2.36. The lowest BCUT2D eigenvalue weighted by molar-refractivity contribution is -0.125. The number of amides is 2. The van der Waals surface area contributed by atoms with Gasteiger partial charge >= 0.3 is 6.09 Å². The molecule has 1 aliphatic rings. The van der Waals surface area contributed by atoms with Gasteiger partial charge < -0.3 is 5.11 Å². The van der Waals surface area contributed by atoms with Crippen LogP contribution in [-0.4, -0.2) is 28.6 Å². The van der Waals surface area contributed by atoms with Crippen LogP contribution in [0.15, 0.2) is 12.1 Å². The Morgan fingerprint density at radius 3 is 2.56 bits per heavy atom. The number of likely N-dealkylation sites (tertiary alicyclic amines) is 1. The monoisotopic (exact) mass is 259 g/mol. The van der Waals surface area contributed by atoms with Crippen molar-refractivity contribution in [1.29, 1.82) is 0 Å². The molecule has 0 bridgehead atoms. The Kier molecular flexibility index (Phi) is 2.98. The van der Waals surface area contributed by atoms with Crippen LogP contribution in [0.5, 0.6) is 0 Å². The van der Waals surface area contributed by atoms with Gasteiger partial charge in [-0.3, -0.25) is 4.79 Å². The molecule has 0 aromatic heterocycles. The second-order valence-corrected chi connectivity index (χ2v) is 3.98. The van der Waals surface area contributed by atoms with Gasteiger partial charge in [-0.1, -0.05) is 0 Å². The zero-order chi connectivity index (χ0) is 13.4. The van der Waals surface area contributed by atoms with Crippen LogP contribution in [0.25, 0.3) is 0 Å². The van der Waals surface area contributed by atoms with E-state index in [9.17, 15) is 22.8 Å². The summed E-state index contributed by atoms with van der Waals surface area (Å²) in [6.07, 6.45) is -1.74. The number of hydrogen-bond donors (Lipinski definition) is 1. The quantitative estimate of drug-likeness (QED) is 0.786. The third kappa shape index (κ3) is 2.03. The molecule has 1 aromatic rings. The zero-order valence-electron chi connectivity index (χ0n) is 8.99. The highest BCUT2D eigenvalue weighted by Crippen LogP contribution is 2.31. The molecule has 1 fully saturated rings. The van der Waals surface area contributed by atoms with E-state index in [1.165, 1.54) is 0 Å². The molecule has 2 rings (SSSR count). The van der Waals surface area contributed by atoms with Gasteiger partial charge in [-0.15, -0.1) is 0 Å². The molecule has 0 radical (unpaired) electrons. The molecule has 1 atom stereocenters. The van der Waals surface area contributed by atoms with Crippen LogP contribution in [0.4, 0.5) is 18.0 Å². The summed E-state index contributed by atoms with van der Waals surface area (Å²) in [7, 11) is 0. The van der Waals surface area contributed by atoms with Gasteiger partial charge in [0.05, 0.1) is 0 Å². The predicted molar refractivity (Wildman–Crippen MR) is 53.4 cm³/mol. The van der Waals surface area contributed by atoms with Gasteiger partial charge in [-0.05, 0) is 11.6 Å². The molecule has 2 amide bonds. The van der Waals surface area contributed by atoms with E-state index in [-0.39, 0.29) is 18.5 Å². The molecule has 18 heavy (non-hydrogen) atoms. The highest BCUT2D eigenvalue weighted by molar-refractivity contribution is 5.93. The van der Waals surface area contributed by atoms with Gasteiger partial charge in [0, 0.05) is 24.9 Å². The van der Waals surface area contributed by atoms with Crippen molar-refractivity contribution in [2.75, 3.05) is 6.54 Å². The van der Waals surface area contributed by atoms with Gasteiger partial charge in [0.25, 0.3) is 0 Å². The zero-order valence-corrected chi connectivity index (χ0v) is 8.99. The van der Waals surface area contributed by atoms with Crippen LogP contribution < -0.4 is 0 Å². The summed E-state index contributed by atoms with van der Waals surface area (Å²) in [5.41, 5.74) is -0.315. The molecule has 0 saturated carbocycles. The molecular weight excluding hydrogens is 251 g/mol. The Morgan fingerprint density at radius 1 is 1.33 bits per heavy atom. The van der Waals surface area contributed by atoms with Gasteiger partial charge in [0.15, 0.2) is 11.6 Å². The van der Waals surface area contributed by atoms with Crippen molar-refractivity contribution in [2.24, 2.45) is 0 Å². The summed E-state index contributed by atoms with van der Waals surface area (Å²) >= 11 is 0. The lowest BCUT2D eigenvalue weighted by Gasteiger charge is -2.12. The van der Waals surface area contributed by atoms with Crippen LogP contribution >= 0.6 is 0 Å². The fraction of sp³-hybridized carbons (Fsp3) is 0.273. The van der Waals surface area contributed by atoms with Crippen LogP contribution in [0.3, 0.4) is 0 Å². The maximum absolute atomic E-state index is 13.5. The van der Waals surface area contributed by atoms with Gasteiger partial charge in [-0.2, -0.15) is 0 Å². The number of imide groups is 1. The first-order valence-electron chi connectivity index (χ1n) is 5.08. The standard InChI is InChI=1S/C11H8F3NO3/c12-6-2-7(10(14)8(13)3-6)5-1-9(16)15(4-5)11(17)18/h2-3,5H,1,4H2,(H,17,18). The normalized spacial score (nSPS) is 19.4. The van der Waals surface area contributed by atoms with E-state index in [0.717, 1.165) is 6.07 Å². The molecule has 1 aliphatic heterocycles. The first kappa shape index (κ1) is 12.4. The summed E-state index contributed by atoms with van der Waals surface area (Å²) in [4.78, 5) is 22.5. The van der Waals surface area contributed by atoms with E-state index in [4.69, 9.17) is 5.11 Å². The van der Waals surface area contributed by atoms with Crippen molar-refractivity contribution in [3.63, 3.8) is 0 Å². The van der Waals surface area contributed by atoms with Crippen molar-refractivity contribution < 1.29 is 27.9 Å². The number of carbonyl (C=O) groups excluding carboxylic acids is 1. The molecule has 96 valence electrons. The molecule has 1 saturated heterocycles. The third-order valence-electron chi connectivity index (χ3n) is 2.82. The number of hydrogen-bond acceptors (Lipinski definition) is 2. The van der Waals surface area contributed by atoms with Crippen LogP contribution in [-0.2, 0) is 4.79 Å². The van der Waals surface area contributed by atoms with Crippen molar-refractivity contribution in [2.45, 2.75) is 12.3 Å². The number of rotatable bonds is 1. The Bertz CT molecular complexity index is 533. The maximum Gasteiger partial charge on any atom is 0.414 e. The van der Waals surface area contributed by atoms with Crippen molar-refractivity contribution >= 4 is 12.0 Å². The number of benzene rings is 1. The molecule has 1 aromatic carbocycles. The first-order chi connectivity index (χ1) is 8.40. The van der Waals surface area contributed by atoms with E-state index in [1.54, 1.807) is 0 Å². The van der Waals surface area contributed by atoms with Gasteiger partial charge in [0.2, 0.25) is 5.91 Å². The second kappa shape index (κ2) is 4.32. The van der Waals surface area contributed by atoms with Gasteiger partial charge in [-0.25, -0.2) is 22.9 Å². The summed E-state index contributed by atoms with van der Waals surface area (Å²) in [6, 6.07) is 1.17. The SMILES string of the molecule is O=C(O)N1CC(c2cc(F)cc(F)c2F)CC1=O. The minimum atomic E-state index is -1.46. The Morgan fingerprint density at radius 2 is 2.00 bits per heavy atom. The highest BCUT2D eigenvalue weighted by atomic mass is 19.2. The number of halogens is 3. The molecule has 7 heteroatoms. The van der Waals surface area contributed by atoms with E-state index in [1.807, 2.05) is 0 Å². The molecule has 1 heterocycles. The Labute approximate surface area is 99.6 Å².